The van der Waals surface area contributed by atoms with Gasteiger partial charge in [-0.25, -0.2) is 0 Å². The zero-order chi connectivity index (χ0) is 10.6. The van der Waals surface area contributed by atoms with Gasteiger partial charge in [-0.2, -0.15) is 0 Å². The molecular formula is C11H19N3. The Morgan fingerprint density at radius 1 is 1.64 bits per heavy atom. The lowest BCUT2D eigenvalue weighted by Crippen LogP contribution is -2.45. The van der Waals surface area contributed by atoms with Gasteiger partial charge in [-0.3, -0.25) is 4.99 Å². The van der Waals surface area contributed by atoms with Crippen molar-refractivity contribution in [2.45, 2.75) is 25.9 Å². The number of allylic oxidation sites excluding steroid dienone is 3. The van der Waals surface area contributed by atoms with Crippen molar-refractivity contribution in [1.29, 1.82) is 0 Å². The van der Waals surface area contributed by atoms with Crippen molar-refractivity contribution in [1.82, 2.24) is 10.6 Å². The van der Waals surface area contributed by atoms with Gasteiger partial charge in [0.05, 0.1) is 17.5 Å². The summed E-state index contributed by atoms with van der Waals surface area (Å²) in [7, 11) is 3.78. The lowest BCUT2D eigenvalue weighted by atomic mass is 10.1. The average molecular weight is 193 g/mol. The van der Waals surface area contributed by atoms with E-state index < -0.39 is 0 Å². The maximum atomic E-state index is 4.16. The molecule has 3 heteroatoms. The summed E-state index contributed by atoms with van der Waals surface area (Å²) in [4.78, 5) is 4.16. The van der Waals surface area contributed by atoms with E-state index >= 15 is 0 Å². The van der Waals surface area contributed by atoms with E-state index in [2.05, 4.69) is 40.8 Å². The van der Waals surface area contributed by atoms with E-state index in [0.717, 1.165) is 11.4 Å². The zero-order valence-corrected chi connectivity index (χ0v) is 9.33. The Kier molecular flexibility index (Phi) is 3.89. The molecule has 14 heavy (non-hydrogen) atoms. The summed E-state index contributed by atoms with van der Waals surface area (Å²) < 4.78 is 0. The number of aliphatic imine (C=N–C) groups is 1. The van der Waals surface area contributed by atoms with Gasteiger partial charge in [0, 0.05) is 13.1 Å². The molecule has 0 aliphatic carbocycles. The predicted octanol–water partition coefficient (Wildman–Crippen LogP) is 1.10. The van der Waals surface area contributed by atoms with E-state index in [9.17, 15) is 0 Å². The normalized spacial score (nSPS) is 24.1. The Balaban J connectivity index is 2.69. The number of nitrogens with zero attached hydrogens (tertiary/aromatic N) is 1. The third kappa shape index (κ3) is 2.45. The minimum atomic E-state index is 0.344. The number of hydrogen-bond donors (Lipinski definition) is 2. The zero-order valence-electron chi connectivity index (χ0n) is 9.33. The van der Waals surface area contributed by atoms with E-state index in [1.807, 2.05) is 21.0 Å². The van der Waals surface area contributed by atoms with Crippen LogP contribution in [0.3, 0.4) is 0 Å². The van der Waals surface area contributed by atoms with Crippen molar-refractivity contribution in [2.75, 3.05) is 14.1 Å². The SMILES string of the molecule is CN=C(C)C1=CC=CC(C(C)NC)N1. The van der Waals surface area contributed by atoms with Crippen LogP contribution >= 0.6 is 0 Å². The first kappa shape index (κ1) is 11.0. The topological polar surface area (TPSA) is 36.4 Å². The number of rotatable bonds is 3. The van der Waals surface area contributed by atoms with Crippen molar-refractivity contribution in [3.05, 3.63) is 23.9 Å². The molecule has 1 heterocycles. The lowest BCUT2D eigenvalue weighted by molar-refractivity contribution is 0.500. The highest BCUT2D eigenvalue weighted by Crippen LogP contribution is 2.07. The highest BCUT2D eigenvalue weighted by Gasteiger charge is 2.16. The molecule has 0 spiro atoms. The number of likely N-dealkylation sites (N-methyl/N-ethyl adjacent to an activating group) is 1. The second-order valence-corrected chi connectivity index (χ2v) is 3.52. The standard InChI is InChI=1S/C11H19N3/c1-8(12-3)10-6-5-7-11(14-10)9(2)13-4/h5-8,10,12,14H,1-4H3. The largest absolute Gasteiger partial charge is 0.376 e. The van der Waals surface area contributed by atoms with Crippen molar-refractivity contribution in [2.24, 2.45) is 4.99 Å². The van der Waals surface area contributed by atoms with E-state index in [1.165, 1.54) is 0 Å². The van der Waals surface area contributed by atoms with E-state index in [4.69, 9.17) is 0 Å². The Hall–Kier alpha value is -1.09. The van der Waals surface area contributed by atoms with Gasteiger partial charge in [0.15, 0.2) is 0 Å². The average Bonchev–Trinajstić information content (AvgIpc) is 2.27. The molecule has 0 radical (unpaired) electrons. The van der Waals surface area contributed by atoms with E-state index in [0.29, 0.717) is 12.1 Å². The van der Waals surface area contributed by atoms with Crippen LogP contribution in [-0.4, -0.2) is 31.9 Å². The van der Waals surface area contributed by atoms with Crippen molar-refractivity contribution >= 4 is 5.71 Å². The van der Waals surface area contributed by atoms with Gasteiger partial charge >= 0.3 is 0 Å². The first-order valence-corrected chi connectivity index (χ1v) is 4.95. The molecule has 1 rings (SSSR count). The molecule has 0 aromatic rings. The van der Waals surface area contributed by atoms with Gasteiger partial charge in [-0.05, 0) is 27.0 Å². The van der Waals surface area contributed by atoms with Crippen LogP contribution in [0.5, 0.6) is 0 Å². The highest BCUT2D eigenvalue weighted by atomic mass is 15.0. The minimum absolute atomic E-state index is 0.344. The van der Waals surface area contributed by atoms with Crippen LogP contribution in [0.1, 0.15) is 13.8 Å². The molecule has 0 fully saturated rings. The van der Waals surface area contributed by atoms with Crippen molar-refractivity contribution in [3.63, 3.8) is 0 Å². The molecule has 2 atom stereocenters. The number of hydrogen-bond acceptors (Lipinski definition) is 3. The molecule has 0 aromatic heterocycles. The Morgan fingerprint density at radius 3 is 2.93 bits per heavy atom. The van der Waals surface area contributed by atoms with Crippen LogP contribution in [0.2, 0.25) is 0 Å². The molecule has 1 aliphatic heterocycles. The molecule has 2 unspecified atom stereocenters. The Bertz CT molecular complexity index is 276. The van der Waals surface area contributed by atoms with E-state index in [1.54, 1.807) is 0 Å². The van der Waals surface area contributed by atoms with Crippen LogP contribution < -0.4 is 10.6 Å². The molecule has 0 bridgehead atoms. The van der Waals surface area contributed by atoms with Crippen LogP contribution in [0.15, 0.2) is 28.9 Å². The van der Waals surface area contributed by atoms with Gasteiger partial charge in [0.25, 0.3) is 0 Å². The summed E-state index contributed by atoms with van der Waals surface area (Å²) in [6.07, 6.45) is 6.30. The third-order valence-corrected chi connectivity index (χ3v) is 2.62. The second kappa shape index (κ2) is 4.96. The predicted molar refractivity (Wildman–Crippen MR) is 61.7 cm³/mol. The van der Waals surface area contributed by atoms with Gasteiger partial charge in [-0.15, -0.1) is 0 Å². The summed E-state index contributed by atoms with van der Waals surface area (Å²) in [6, 6.07) is 0.760. The fourth-order valence-electron chi connectivity index (χ4n) is 1.36. The summed E-state index contributed by atoms with van der Waals surface area (Å²) in [5.41, 5.74) is 2.16. The fraction of sp³-hybridized carbons (Fsp3) is 0.545. The minimum Gasteiger partial charge on any atom is -0.376 e. The first-order valence-electron chi connectivity index (χ1n) is 4.95. The Morgan fingerprint density at radius 2 is 2.36 bits per heavy atom. The molecule has 0 aromatic carbocycles. The number of nitrogens with one attached hydrogen (secondary N) is 2. The quantitative estimate of drug-likeness (QED) is 0.658. The molecule has 78 valence electrons. The fourth-order valence-corrected chi connectivity index (χ4v) is 1.36. The van der Waals surface area contributed by atoms with Gasteiger partial charge in [-0.1, -0.05) is 12.2 Å². The number of dihydropyridines is 1. The molecule has 2 N–H and O–H groups in total. The lowest BCUT2D eigenvalue weighted by Gasteiger charge is -2.26. The summed E-state index contributed by atoms with van der Waals surface area (Å²) in [6.45, 7) is 4.17. The molecular weight excluding hydrogens is 174 g/mol. The molecule has 3 nitrogen and oxygen atoms in total. The second-order valence-electron chi connectivity index (χ2n) is 3.52. The molecule has 0 saturated heterocycles. The summed E-state index contributed by atoms with van der Waals surface area (Å²) >= 11 is 0. The first-order chi connectivity index (χ1) is 6.69. The summed E-state index contributed by atoms with van der Waals surface area (Å²) in [5, 5.41) is 6.67. The smallest absolute Gasteiger partial charge is 0.0598 e. The molecule has 0 amide bonds. The van der Waals surface area contributed by atoms with Gasteiger partial charge < -0.3 is 10.6 Å². The van der Waals surface area contributed by atoms with Gasteiger partial charge in [0.1, 0.15) is 0 Å². The Labute approximate surface area is 86.0 Å². The van der Waals surface area contributed by atoms with Crippen LogP contribution in [-0.2, 0) is 0 Å². The van der Waals surface area contributed by atoms with Crippen molar-refractivity contribution < 1.29 is 0 Å². The molecule has 1 aliphatic rings. The third-order valence-electron chi connectivity index (χ3n) is 2.62. The maximum Gasteiger partial charge on any atom is 0.0598 e. The van der Waals surface area contributed by atoms with Crippen molar-refractivity contribution in [3.8, 4) is 0 Å². The van der Waals surface area contributed by atoms with Gasteiger partial charge in [0.2, 0.25) is 0 Å². The van der Waals surface area contributed by atoms with Crippen LogP contribution in [0.25, 0.3) is 0 Å². The molecule has 0 saturated carbocycles. The maximum absolute atomic E-state index is 4.16. The summed E-state index contributed by atoms with van der Waals surface area (Å²) in [5.74, 6) is 0. The van der Waals surface area contributed by atoms with E-state index in [-0.39, 0.29) is 0 Å². The monoisotopic (exact) mass is 193 g/mol. The highest BCUT2D eigenvalue weighted by molar-refractivity contribution is 5.98. The van der Waals surface area contributed by atoms with Crippen LogP contribution in [0.4, 0.5) is 0 Å². The van der Waals surface area contributed by atoms with Crippen LogP contribution in [0, 0.1) is 0 Å².